The van der Waals surface area contributed by atoms with E-state index < -0.39 is 0 Å². The van der Waals surface area contributed by atoms with Crippen LogP contribution in [0.15, 0.2) is 41.8 Å². The maximum absolute atomic E-state index is 6.02. The Balaban J connectivity index is 1.69. The molecule has 6 nitrogen and oxygen atoms in total. The molecule has 24 heavy (non-hydrogen) atoms. The average Bonchev–Trinajstić information content (AvgIpc) is 3.15. The van der Waals surface area contributed by atoms with E-state index in [-0.39, 0.29) is 0 Å². The summed E-state index contributed by atoms with van der Waals surface area (Å²) in [5.41, 5.74) is 2.10. The first-order valence-electron chi connectivity index (χ1n) is 7.43. The Kier molecular flexibility index (Phi) is 3.87. The number of benzene rings is 1. The standard InChI is InChI=1S/C16H13ClN6S/c1-2-13-18-12(17)8-14(19-13)20-15-21-16-23(22-15)11(9-24-16)10-6-4-3-5-7-10/h3-9H,2H2,1H3,(H,18,19,20,22). The predicted molar refractivity (Wildman–Crippen MR) is 96.0 cm³/mol. The molecule has 0 amide bonds. The van der Waals surface area contributed by atoms with Gasteiger partial charge in [0.1, 0.15) is 16.8 Å². The number of fused-ring (bicyclic) bond motifs is 1. The van der Waals surface area contributed by atoms with Gasteiger partial charge in [-0.05, 0) is 0 Å². The molecule has 4 rings (SSSR count). The molecule has 0 aliphatic heterocycles. The van der Waals surface area contributed by atoms with Crippen LogP contribution >= 0.6 is 22.9 Å². The van der Waals surface area contributed by atoms with Crippen molar-refractivity contribution in [3.05, 3.63) is 52.8 Å². The number of thiazole rings is 1. The molecule has 0 bridgehead atoms. The second kappa shape index (κ2) is 6.18. The van der Waals surface area contributed by atoms with Gasteiger partial charge >= 0.3 is 0 Å². The van der Waals surface area contributed by atoms with E-state index in [9.17, 15) is 0 Å². The lowest BCUT2D eigenvalue weighted by Crippen LogP contribution is -2.01. The number of halogens is 1. The number of nitrogens with zero attached hydrogens (tertiary/aromatic N) is 5. The van der Waals surface area contributed by atoms with Crippen LogP contribution < -0.4 is 5.32 Å². The number of nitrogens with one attached hydrogen (secondary N) is 1. The molecule has 0 saturated carbocycles. The van der Waals surface area contributed by atoms with Crippen molar-refractivity contribution in [2.45, 2.75) is 13.3 Å². The summed E-state index contributed by atoms with van der Waals surface area (Å²) in [6, 6.07) is 11.8. The minimum atomic E-state index is 0.398. The Morgan fingerprint density at radius 1 is 1.17 bits per heavy atom. The van der Waals surface area contributed by atoms with Crippen LogP contribution in [0.25, 0.3) is 16.2 Å². The van der Waals surface area contributed by atoms with E-state index in [0.29, 0.717) is 29.2 Å². The highest BCUT2D eigenvalue weighted by Gasteiger charge is 2.12. The first kappa shape index (κ1) is 15.0. The van der Waals surface area contributed by atoms with E-state index in [0.717, 1.165) is 16.2 Å². The zero-order valence-electron chi connectivity index (χ0n) is 12.8. The van der Waals surface area contributed by atoms with Crippen LogP contribution in [0.4, 0.5) is 11.8 Å². The van der Waals surface area contributed by atoms with Crippen LogP contribution in [-0.4, -0.2) is 24.6 Å². The largest absolute Gasteiger partial charge is 0.307 e. The molecule has 1 N–H and O–H groups in total. The third-order valence-corrected chi connectivity index (χ3v) is 4.46. The number of aromatic nitrogens is 5. The Morgan fingerprint density at radius 2 is 2.00 bits per heavy atom. The molecule has 8 heteroatoms. The summed E-state index contributed by atoms with van der Waals surface area (Å²) in [5.74, 6) is 1.75. The van der Waals surface area contributed by atoms with Crippen molar-refractivity contribution in [3.8, 4) is 11.3 Å². The third-order valence-electron chi connectivity index (χ3n) is 3.45. The molecule has 3 aromatic heterocycles. The second-order valence-electron chi connectivity index (χ2n) is 5.09. The van der Waals surface area contributed by atoms with Gasteiger partial charge < -0.3 is 5.32 Å². The first-order valence-corrected chi connectivity index (χ1v) is 8.69. The zero-order valence-corrected chi connectivity index (χ0v) is 14.3. The summed E-state index contributed by atoms with van der Waals surface area (Å²) in [7, 11) is 0. The SMILES string of the molecule is CCc1nc(Cl)cc(Nc2nc3scc(-c4ccccc4)n3n2)n1. The van der Waals surface area contributed by atoms with E-state index in [1.807, 2.05) is 47.2 Å². The molecule has 0 aliphatic rings. The smallest absolute Gasteiger partial charge is 0.249 e. The molecular weight excluding hydrogens is 344 g/mol. The molecule has 3 heterocycles. The fraction of sp³-hybridized carbons (Fsp3) is 0.125. The van der Waals surface area contributed by atoms with Gasteiger partial charge in [-0.25, -0.2) is 14.5 Å². The quantitative estimate of drug-likeness (QED) is 0.555. The molecule has 0 unspecified atom stereocenters. The Morgan fingerprint density at radius 3 is 2.79 bits per heavy atom. The van der Waals surface area contributed by atoms with Gasteiger partial charge in [0.05, 0.1) is 5.69 Å². The summed E-state index contributed by atoms with van der Waals surface area (Å²) in [4.78, 5) is 13.8. The van der Waals surface area contributed by atoms with E-state index in [2.05, 4.69) is 25.4 Å². The number of anilines is 2. The first-order chi connectivity index (χ1) is 11.7. The van der Waals surface area contributed by atoms with Crippen molar-refractivity contribution in [2.75, 3.05) is 5.32 Å². The Labute approximate surface area is 147 Å². The van der Waals surface area contributed by atoms with E-state index in [1.54, 1.807) is 17.4 Å². The van der Waals surface area contributed by atoms with Gasteiger partial charge in [0.25, 0.3) is 0 Å². The molecule has 120 valence electrons. The average molecular weight is 357 g/mol. The molecule has 0 saturated heterocycles. The van der Waals surface area contributed by atoms with Crippen LogP contribution in [0.2, 0.25) is 5.15 Å². The van der Waals surface area contributed by atoms with Gasteiger partial charge in [0, 0.05) is 23.4 Å². The third kappa shape index (κ3) is 2.83. The second-order valence-corrected chi connectivity index (χ2v) is 6.31. The van der Waals surface area contributed by atoms with E-state index >= 15 is 0 Å². The van der Waals surface area contributed by atoms with Gasteiger partial charge in [0.2, 0.25) is 10.9 Å². The number of hydrogen-bond donors (Lipinski definition) is 1. The number of rotatable bonds is 4. The number of hydrogen-bond acceptors (Lipinski definition) is 6. The van der Waals surface area contributed by atoms with Crippen molar-refractivity contribution >= 4 is 39.7 Å². The van der Waals surface area contributed by atoms with Crippen LogP contribution in [0, 0.1) is 0 Å². The van der Waals surface area contributed by atoms with Gasteiger partial charge in [-0.1, -0.05) is 48.9 Å². The minimum absolute atomic E-state index is 0.398. The maximum Gasteiger partial charge on any atom is 0.249 e. The molecule has 0 atom stereocenters. The molecular formula is C16H13ClN6S. The van der Waals surface area contributed by atoms with Crippen molar-refractivity contribution in [3.63, 3.8) is 0 Å². The molecule has 0 spiro atoms. The Hall–Kier alpha value is -2.51. The summed E-state index contributed by atoms with van der Waals surface area (Å²) < 4.78 is 1.83. The van der Waals surface area contributed by atoms with E-state index in [4.69, 9.17) is 11.6 Å². The summed E-state index contributed by atoms with van der Waals surface area (Å²) in [6.07, 6.45) is 0.707. The highest BCUT2D eigenvalue weighted by molar-refractivity contribution is 7.15. The van der Waals surface area contributed by atoms with Crippen molar-refractivity contribution in [1.29, 1.82) is 0 Å². The maximum atomic E-state index is 6.02. The summed E-state index contributed by atoms with van der Waals surface area (Å²) in [6.45, 7) is 1.98. The van der Waals surface area contributed by atoms with Gasteiger partial charge in [-0.2, -0.15) is 4.98 Å². The van der Waals surface area contributed by atoms with Gasteiger partial charge in [-0.15, -0.1) is 16.4 Å². The highest BCUT2D eigenvalue weighted by Crippen LogP contribution is 2.26. The molecule has 1 aromatic carbocycles. The van der Waals surface area contributed by atoms with Crippen LogP contribution in [-0.2, 0) is 6.42 Å². The van der Waals surface area contributed by atoms with Gasteiger partial charge in [-0.3, -0.25) is 0 Å². The molecule has 0 fully saturated rings. The Bertz CT molecular complexity index is 994. The summed E-state index contributed by atoms with van der Waals surface area (Å²) in [5, 5.41) is 10.1. The van der Waals surface area contributed by atoms with Crippen LogP contribution in [0.3, 0.4) is 0 Å². The lowest BCUT2D eigenvalue weighted by molar-refractivity contribution is 0.938. The normalized spacial score (nSPS) is 11.1. The highest BCUT2D eigenvalue weighted by atomic mass is 35.5. The van der Waals surface area contributed by atoms with Crippen molar-refractivity contribution < 1.29 is 0 Å². The fourth-order valence-electron chi connectivity index (χ4n) is 2.34. The van der Waals surface area contributed by atoms with Crippen molar-refractivity contribution in [1.82, 2.24) is 24.6 Å². The predicted octanol–water partition coefficient (Wildman–Crippen LogP) is 4.21. The number of aryl methyl sites for hydroxylation is 1. The van der Waals surface area contributed by atoms with Crippen LogP contribution in [0.1, 0.15) is 12.7 Å². The lowest BCUT2D eigenvalue weighted by atomic mass is 10.2. The monoisotopic (exact) mass is 356 g/mol. The topological polar surface area (TPSA) is 68.0 Å². The molecule has 4 aromatic rings. The lowest BCUT2D eigenvalue weighted by Gasteiger charge is -2.03. The minimum Gasteiger partial charge on any atom is -0.307 e. The van der Waals surface area contributed by atoms with Crippen LogP contribution in [0.5, 0.6) is 0 Å². The fourth-order valence-corrected chi connectivity index (χ4v) is 3.38. The van der Waals surface area contributed by atoms with Gasteiger partial charge in [0.15, 0.2) is 0 Å². The zero-order chi connectivity index (χ0) is 16.5. The van der Waals surface area contributed by atoms with E-state index in [1.165, 1.54) is 0 Å². The van der Waals surface area contributed by atoms with Crippen molar-refractivity contribution in [2.24, 2.45) is 0 Å². The summed E-state index contributed by atoms with van der Waals surface area (Å²) >= 11 is 7.56. The molecule has 0 radical (unpaired) electrons. The molecule has 0 aliphatic carbocycles.